The Morgan fingerprint density at radius 1 is 1.29 bits per heavy atom. The highest BCUT2D eigenvalue weighted by molar-refractivity contribution is 5.77. The standard InChI is InChI=1S/C13H23NO3/c1-3-14(9-8-13(16)17-2)12(15)10-11-6-4-5-7-11/h11H,3-10H2,1-2H3. The molecule has 17 heavy (non-hydrogen) atoms. The lowest BCUT2D eigenvalue weighted by Gasteiger charge is -2.22. The van der Waals surface area contributed by atoms with Crippen LogP contribution in [0.4, 0.5) is 0 Å². The highest BCUT2D eigenvalue weighted by Gasteiger charge is 2.21. The second-order valence-corrected chi connectivity index (χ2v) is 4.65. The normalized spacial score (nSPS) is 15.9. The summed E-state index contributed by atoms with van der Waals surface area (Å²) in [5.74, 6) is 0.495. The van der Waals surface area contributed by atoms with E-state index >= 15 is 0 Å². The molecule has 0 N–H and O–H groups in total. The summed E-state index contributed by atoms with van der Waals surface area (Å²) in [4.78, 5) is 24.8. The first-order valence-electron chi connectivity index (χ1n) is 6.52. The Labute approximate surface area is 103 Å². The minimum Gasteiger partial charge on any atom is -0.469 e. The Bertz CT molecular complexity index is 259. The van der Waals surface area contributed by atoms with Crippen molar-refractivity contribution in [2.24, 2.45) is 5.92 Å². The van der Waals surface area contributed by atoms with Crippen molar-refractivity contribution in [3.05, 3.63) is 0 Å². The molecule has 0 saturated heterocycles. The Morgan fingerprint density at radius 2 is 1.94 bits per heavy atom. The molecule has 1 aliphatic carbocycles. The van der Waals surface area contributed by atoms with E-state index in [4.69, 9.17) is 0 Å². The molecule has 0 unspecified atom stereocenters. The van der Waals surface area contributed by atoms with E-state index in [1.807, 2.05) is 6.92 Å². The van der Waals surface area contributed by atoms with E-state index in [1.165, 1.54) is 32.8 Å². The van der Waals surface area contributed by atoms with Gasteiger partial charge < -0.3 is 9.64 Å². The van der Waals surface area contributed by atoms with Crippen molar-refractivity contribution in [2.45, 2.75) is 45.4 Å². The Morgan fingerprint density at radius 3 is 2.47 bits per heavy atom. The summed E-state index contributed by atoms with van der Waals surface area (Å²) in [6.07, 6.45) is 5.81. The SMILES string of the molecule is CCN(CCC(=O)OC)C(=O)CC1CCCC1. The highest BCUT2D eigenvalue weighted by atomic mass is 16.5. The van der Waals surface area contributed by atoms with Gasteiger partial charge in [0.2, 0.25) is 5.91 Å². The smallest absolute Gasteiger partial charge is 0.307 e. The van der Waals surface area contributed by atoms with Crippen LogP contribution in [0.25, 0.3) is 0 Å². The second kappa shape index (κ2) is 7.30. The number of carbonyl (C=O) groups is 2. The van der Waals surface area contributed by atoms with E-state index in [0.717, 1.165) is 0 Å². The fourth-order valence-corrected chi connectivity index (χ4v) is 2.38. The maximum atomic E-state index is 12.0. The van der Waals surface area contributed by atoms with Crippen molar-refractivity contribution in [3.63, 3.8) is 0 Å². The summed E-state index contributed by atoms with van der Waals surface area (Å²) in [7, 11) is 1.37. The van der Waals surface area contributed by atoms with Crippen LogP contribution in [0.2, 0.25) is 0 Å². The molecule has 98 valence electrons. The van der Waals surface area contributed by atoms with Gasteiger partial charge in [0.25, 0.3) is 0 Å². The van der Waals surface area contributed by atoms with Crippen molar-refractivity contribution >= 4 is 11.9 Å². The molecular weight excluding hydrogens is 218 g/mol. The minimum absolute atomic E-state index is 0.184. The molecule has 1 aliphatic rings. The summed E-state index contributed by atoms with van der Waals surface area (Å²) in [6, 6.07) is 0. The first-order chi connectivity index (χ1) is 8.17. The van der Waals surface area contributed by atoms with Gasteiger partial charge in [-0.3, -0.25) is 9.59 Å². The van der Waals surface area contributed by atoms with Crippen LogP contribution in [0.15, 0.2) is 0 Å². The van der Waals surface area contributed by atoms with Crippen LogP contribution in [0.5, 0.6) is 0 Å². The number of hydrogen-bond acceptors (Lipinski definition) is 3. The molecule has 0 atom stereocenters. The third kappa shape index (κ3) is 4.75. The highest BCUT2D eigenvalue weighted by Crippen LogP contribution is 2.27. The molecule has 1 saturated carbocycles. The molecule has 4 nitrogen and oxygen atoms in total. The van der Waals surface area contributed by atoms with E-state index in [-0.39, 0.29) is 11.9 Å². The van der Waals surface area contributed by atoms with Crippen LogP contribution >= 0.6 is 0 Å². The number of hydrogen-bond donors (Lipinski definition) is 0. The van der Waals surface area contributed by atoms with Gasteiger partial charge in [0.15, 0.2) is 0 Å². The van der Waals surface area contributed by atoms with Gasteiger partial charge in [0, 0.05) is 19.5 Å². The second-order valence-electron chi connectivity index (χ2n) is 4.65. The molecule has 0 radical (unpaired) electrons. The van der Waals surface area contributed by atoms with Crippen molar-refractivity contribution in [1.82, 2.24) is 4.90 Å². The fraction of sp³-hybridized carbons (Fsp3) is 0.846. The zero-order valence-electron chi connectivity index (χ0n) is 10.9. The Hall–Kier alpha value is -1.06. The first-order valence-corrected chi connectivity index (χ1v) is 6.52. The summed E-state index contributed by atoms with van der Waals surface area (Å²) in [5, 5.41) is 0. The van der Waals surface area contributed by atoms with Gasteiger partial charge in [-0.2, -0.15) is 0 Å². The molecule has 0 spiro atoms. The molecule has 0 aliphatic heterocycles. The maximum absolute atomic E-state index is 12.0. The molecule has 1 amide bonds. The molecule has 0 aromatic heterocycles. The van der Waals surface area contributed by atoms with E-state index in [9.17, 15) is 9.59 Å². The van der Waals surface area contributed by atoms with Gasteiger partial charge in [-0.15, -0.1) is 0 Å². The van der Waals surface area contributed by atoms with Crippen LogP contribution in [-0.2, 0) is 14.3 Å². The summed E-state index contributed by atoms with van der Waals surface area (Å²) >= 11 is 0. The lowest BCUT2D eigenvalue weighted by molar-refractivity contribution is -0.141. The number of ether oxygens (including phenoxy) is 1. The van der Waals surface area contributed by atoms with Crippen LogP contribution in [0.3, 0.4) is 0 Å². The number of amides is 1. The van der Waals surface area contributed by atoms with Crippen molar-refractivity contribution in [1.29, 1.82) is 0 Å². The monoisotopic (exact) mass is 241 g/mol. The first kappa shape index (κ1) is 14.0. The number of methoxy groups -OCH3 is 1. The third-order valence-electron chi connectivity index (χ3n) is 3.49. The number of nitrogens with zero attached hydrogens (tertiary/aromatic N) is 1. The molecule has 0 heterocycles. The van der Waals surface area contributed by atoms with Crippen LogP contribution in [0, 0.1) is 5.92 Å². The van der Waals surface area contributed by atoms with Gasteiger partial charge in [-0.05, 0) is 25.7 Å². The predicted octanol–water partition coefficient (Wildman–Crippen LogP) is 1.98. The van der Waals surface area contributed by atoms with E-state index in [0.29, 0.717) is 31.8 Å². The van der Waals surface area contributed by atoms with Crippen molar-refractivity contribution in [3.8, 4) is 0 Å². The minimum atomic E-state index is -0.253. The zero-order valence-corrected chi connectivity index (χ0v) is 10.9. The average molecular weight is 241 g/mol. The summed E-state index contributed by atoms with van der Waals surface area (Å²) < 4.78 is 4.58. The summed E-state index contributed by atoms with van der Waals surface area (Å²) in [6.45, 7) is 3.10. The molecule has 0 aromatic carbocycles. The van der Waals surface area contributed by atoms with E-state index < -0.39 is 0 Å². The van der Waals surface area contributed by atoms with Crippen LogP contribution in [-0.4, -0.2) is 37.0 Å². The Kier molecular flexibility index (Phi) is 6.01. The molecule has 0 bridgehead atoms. The van der Waals surface area contributed by atoms with Gasteiger partial charge in [0.1, 0.15) is 0 Å². The molecule has 1 fully saturated rings. The van der Waals surface area contributed by atoms with Gasteiger partial charge in [-0.25, -0.2) is 0 Å². The fourth-order valence-electron chi connectivity index (χ4n) is 2.38. The van der Waals surface area contributed by atoms with E-state index in [2.05, 4.69) is 4.74 Å². The van der Waals surface area contributed by atoms with Crippen molar-refractivity contribution in [2.75, 3.05) is 20.2 Å². The lowest BCUT2D eigenvalue weighted by atomic mass is 10.0. The number of esters is 1. The Balaban J connectivity index is 2.32. The summed E-state index contributed by atoms with van der Waals surface area (Å²) in [5.41, 5.74) is 0. The number of rotatable bonds is 6. The topological polar surface area (TPSA) is 46.6 Å². The quantitative estimate of drug-likeness (QED) is 0.668. The van der Waals surface area contributed by atoms with E-state index in [1.54, 1.807) is 4.90 Å². The van der Waals surface area contributed by atoms with Crippen LogP contribution in [0.1, 0.15) is 45.4 Å². The van der Waals surface area contributed by atoms with Crippen LogP contribution < -0.4 is 0 Å². The zero-order chi connectivity index (χ0) is 12.7. The average Bonchev–Trinajstić information content (AvgIpc) is 2.82. The predicted molar refractivity (Wildman–Crippen MR) is 65.5 cm³/mol. The van der Waals surface area contributed by atoms with Crippen molar-refractivity contribution < 1.29 is 14.3 Å². The molecule has 0 aromatic rings. The van der Waals surface area contributed by atoms with Gasteiger partial charge in [0.05, 0.1) is 13.5 Å². The number of carbonyl (C=O) groups excluding carboxylic acids is 2. The lowest BCUT2D eigenvalue weighted by Crippen LogP contribution is -2.33. The molecule has 1 rings (SSSR count). The largest absolute Gasteiger partial charge is 0.469 e. The molecule has 4 heteroatoms. The van der Waals surface area contributed by atoms with Gasteiger partial charge in [-0.1, -0.05) is 12.8 Å². The van der Waals surface area contributed by atoms with Gasteiger partial charge >= 0.3 is 5.97 Å². The maximum Gasteiger partial charge on any atom is 0.307 e. The third-order valence-corrected chi connectivity index (χ3v) is 3.49. The molecular formula is C13H23NO3.